The summed E-state index contributed by atoms with van der Waals surface area (Å²) in [7, 11) is 0. The van der Waals surface area contributed by atoms with Crippen LogP contribution in [0.25, 0.3) is 0 Å². The Hall–Kier alpha value is -2.46. The molecule has 2 aromatic rings. The number of ether oxygens (including phenoxy) is 3. The molecule has 4 aliphatic rings. The third-order valence-electron chi connectivity index (χ3n) is 9.24. The molecule has 0 amide bonds. The highest BCUT2D eigenvalue weighted by atomic mass is 35.5. The fraction of sp³-hybridized carbons (Fsp3) is 0.618. The second-order valence-electron chi connectivity index (χ2n) is 13.4. The van der Waals surface area contributed by atoms with Gasteiger partial charge in [-0.1, -0.05) is 18.6 Å². The summed E-state index contributed by atoms with van der Waals surface area (Å²) in [6.45, 7) is 11.1. The molecule has 44 heavy (non-hydrogen) atoms. The number of rotatable bonds is 6. The van der Waals surface area contributed by atoms with Crippen molar-refractivity contribution in [2.45, 2.75) is 82.3 Å². The predicted octanol–water partition coefficient (Wildman–Crippen LogP) is 6.24. The number of nitrogens with two attached hydrogens (primary N) is 1. The van der Waals surface area contributed by atoms with E-state index in [2.05, 4.69) is 0 Å². The molecule has 0 unspecified atom stereocenters. The monoisotopic (exact) mass is 635 g/mol. The minimum Gasteiger partial charge on any atom is -0.460 e. The van der Waals surface area contributed by atoms with E-state index < -0.39 is 5.60 Å². The highest BCUT2D eigenvalue weighted by Crippen LogP contribution is 2.48. The van der Waals surface area contributed by atoms with E-state index in [9.17, 15) is 13.6 Å². The molecule has 2 N–H and O–H groups in total. The maximum absolute atomic E-state index is 14.4. The lowest BCUT2D eigenvalue weighted by atomic mass is 9.62. The molecule has 2 saturated carbocycles. The Morgan fingerprint density at radius 3 is 1.68 bits per heavy atom. The first-order valence-electron chi connectivity index (χ1n) is 15.7. The Bertz CT molecular complexity index is 1270. The highest BCUT2D eigenvalue weighted by Gasteiger charge is 2.42. The number of carbonyl (C=O) groups is 1. The summed E-state index contributed by atoms with van der Waals surface area (Å²) in [4.78, 5) is 16.4. The average Bonchev–Trinajstić information content (AvgIpc) is 2.95. The molecular weight excluding hydrogens is 588 g/mol. The third kappa shape index (κ3) is 8.03. The molecule has 7 nitrogen and oxygen atoms in total. The molecule has 0 spiro atoms. The molecule has 0 atom stereocenters. The van der Waals surface area contributed by atoms with Crippen molar-refractivity contribution in [1.29, 1.82) is 0 Å². The zero-order valence-electron chi connectivity index (χ0n) is 26.3. The van der Waals surface area contributed by atoms with E-state index in [-0.39, 0.29) is 41.0 Å². The topological polar surface area (TPSA) is 77.3 Å². The largest absolute Gasteiger partial charge is 0.460 e. The van der Waals surface area contributed by atoms with Gasteiger partial charge in [-0.2, -0.15) is 0 Å². The van der Waals surface area contributed by atoms with Crippen molar-refractivity contribution in [3.05, 3.63) is 59.2 Å². The molecule has 0 bridgehead atoms. The molecule has 0 radical (unpaired) electrons. The molecular formula is C34H48ClF2N3O4. The van der Waals surface area contributed by atoms with Crippen LogP contribution in [0.4, 0.5) is 20.2 Å². The fourth-order valence-corrected chi connectivity index (χ4v) is 6.43. The Kier molecular flexibility index (Phi) is 11.2. The SMILES string of the molecule is CC(C)(C)OC(=O)CC1(c2ccc(F)c(N3CCOCC3)c2)CCC1.Cl.NC1(c2ccc(F)c(N3CCOCC3)c2)CCC1. The van der Waals surface area contributed by atoms with Crippen molar-refractivity contribution < 1.29 is 27.8 Å². The Morgan fingerprint density at radius 1 is 0.818 bits per heavy atom. The minimum atomic E-state index is -0.482. The summed E-state index contributed by atoms with van der Waals surface area (Å²) in [5.41, 5.74) is 8.80. The van der Waals surface area contributed by atoms with Crippen LogP contribution in [0.5, 0.6) is 0 Å². The molecule has 6 rings (SSSR count). The van der Waals surface area contributed by atoms with Gasteiger partial charge in [-0.05, 0) is 88.3 Å². The van der Waals surface area contributed by atoms with Crippen LogP contribution in [-0.2, 0) is 30.0 Å². The lowest BCUT2D eigenvalue weighted by Crippen LogP contribution is -2.43. The molecule has 244 valence electrons. The fourth-order valence-electron chi connectivity index (χ4n) is 6.43. The van der Waals surface area contributed by atoms with Gasteiger partial charge in [-0.3, -0.25) is 4.79 Å². The van der Waals surface area contributed by atoms with Gasteiger partial charge in [0.05, 0.1) is 44.2 Å². The summed E-state index contributed by atoms with van der Waals surface area (Å²) in [5.74, 6) is -0.551. The zero-order chi connectivity index (χ0) is 30.7. The molecule has 2 heterocycles. The molecule has 4 fully saturated rings. The number of halogens is 3. The van der Waals surface area contributed by atoms with Gasteiger partial charge in [0.2, 0.25) is 0 Å². The number of morpholine rings is 2. The zero-order valence-corrected chi connectivity index (χ0v) is 27.2. The van der Waals surface area contributed by atoms with Gasteiger partial charge in [0.25, 0.3) is 0 Å². The van der Waals surface area contributed by atoms with Gasteiger partial charge in [0.15, 0.2) is 0 Å². The number of benzene rings is 2. The summed E-state index contributed by atoms with van der Waals surface area (Å²) >= 11 is 0. The summed E-state index contributed by atoms with van der Waals surface area (Å²) in [6.07, 6.45) is 6.51. The number of anilines is 2. The lowest BCUT2D eigenvalue weighted by molar-refractivity contribution is -0.157. The van der Waals surface area contributed by atoms with Crippen molar-refractivity contribution in [2.24, 2.45) is 5.73 Å². The van der Waals surface area contributed by atoms with E-state index in [1.807, 2.05) is 54.8 Å². The quantitative estimate of drug-likeness (QED) is 0.377. The second kappa shape index (κ2) is 14.3. The number of nitrogens with zero attached hydrogens (tertiary/aromatic N) is 2. The first-order valence-corrected chi connectivity index (χ1v) is 15.7. The Labute approximate surface area is 266 Å². The Balaban J connectivity index is 0.000000206. The van der Waals surface area contributed by atoms with Gasteiger partial charge in [-0.15, -0.1) is 12.4 Å². The first kappa shape index (κ1) is 34.4. The van der Waals surface area contributed by atoms with Gasteiger partial charge in [0, 0.05) is 37.1 Å². The molecule has 2 aliphatic heterocycles. The van der Waals surface area contributed by atoms with Crippen molar-refractivity contribution in [3.63, 3.8) is 0 Å². The first-order chi connectivity index (χ1) is 20.5. The minimum absolute atomic E-state index is 0. The summed E-state index contributed by atoms with van der Waals surface area (Å²) < 4.78 is 44.5. The number of carbonyl (C=O) groups excluding carboxylic acids is 1. The van der Waals surface area contributed by atoms with E-state index >= 15 is 0 Å². The molecule has 10 heteroatoms. The molecule has 2 aromatic carbocycles. The van der Waals surface area contributed by atoms with Crippen LogP contribution in [0, 0.1) is 11.6 Å². The normalized spacial score (nSPS) is 20.7. The number of esters is 1. The third-order valence-corrected chi connectivity index (χ3v) is 9.24. The van der Waals surface area contributed by atoms with Gasteiger partial charge < -0.3 is 29.7 Å². The van der Waals surface area contributed by atoms with Crippen LogP contribution in [0.1, 0.15) is 76.8 Å². The smallest absolute Gasteiger partial charge is 0.307 e. The van der Waals surface area contributed by atoms with E-state index in [4.69, 9.17) is 19.9 Å². The van der Waals surface area contributed by atoms with Crippen molar-refractivity contribution in [3.8, 4) is 0 Å². The second-order valence-corrected chi connectivity index (χ2v) is 13.4. The lowest BCUT2D eigenvalue weighted by Gasteiger charge is -2.43. The maximum atomic E-state index is 14.4. The van der Waals surface area contributed by atoms with Gasteiger partial charge >= 0.3 is 5.97 Å². The van der Waals surface area contributed by atoms with Crippen LogP contribution in [0.2, 0.25) is 0 Å². The van der Waals surface area contributed by atoms with Crippen LogP contribution in [0.3, 0.4) is 0 Å². The number of hydrogen-bond acceptors (Lipinski definition) is 7. The predicted molar refractivity (Wildman–Crippen MR) is 172 cm³/mol. The van der Waals surface area contributed by atoms with E-state index in [1.54, 1.807) is 6.07 Å². The standard InChI is InChI=1S/C20H28FNO3.C14H19FN2O.ClH/c1-19(2,3)25-18(23)14-20(7-4-8-20)15-5-6-16(21)17(13-15)22-9-11-24-12-10-22;15-12-3-2-11(14(16)4-1-5-14)10-13(12)17-6-8-18-9-7-17;/h5-6,13H,4,7-12,14H2,1-3H3;2-3,10H,1,4-9,16H2;1H. The highest BCUT2D eigenvalue weighted by molar-refractivity contribution is 5.85. The van der Waals surface area contributed by atoms with E-state index in [1.165, 1.54) is 12.5 Å². The van der Waals surface area contributed by atoms with Crippen molar-refractivity contribution in [1.82, 2.24) is 0 Å². The van der Waals surface area contributed by atoms with E-state index in [0.29, 0.717) is 57.3 Å². The van der Waals surface area contributed by atoms with Gasteiger partial charge in [-0.25, -0.2) is 8.78 Å². The summed E-state index contributed by atoms with van der Waals surface area (Å²) in [5, 5.41) is 0. The Morgan fingerprint density at radius 2 is 1.27 bits per heavy atom. The van der Waals surface area contributed by atoms with E-state index in [0.717, 1.165) is 56.3 Å². The van der Waals surface area contributed by atoms with Crippen LogP contribution in [0.15, 0.2) is 36.4 Å². The van der Waals surface area contributed by atoms with Gasteiger partial charge in [0.1, 0.15) is 17.2 Å². The van der Waals surface area contributed by atoms with Crippen LogP contribution < -0.4 is 15.5 Å². The average molecular weight is 636 g/mol. The van der Waals surface area contributed by atoms with Crippen molar-refractivity contribution >= 4 is 29.8 Å². The summed E-state index contributed by atoms with van der Waals surface area (Å²) in [6, 6.07) is 10.6. The van der Waals surface area contributed by atoms with Crippen LogP contribution >= 0.6 is 12.4 Å². The van der Waals surface area contributed by atoms with Crippen LogP contribution in [-0.4, -0.2) is 64.2 Å². The molecule has 0 aromatic heterocycles. The van der Waals surface area contributed by atoms with Crippen molar-refractivity contribution in [2.75, 3.05) is 62.4 Å². The molecule has 2 aliphatic carbocycles. The maximum Gasteiger partial charge on any atom is 0.307 e. The number of hydrogen-bond donors (Lipinski definition) is 1. The molecule has 2 saturated heterocycles.